The highest BCUT2D eigenvalue weighted by Gasteiger charge is 2.18. The molecule has 138 valence electrons. The summed E-state index contributed by atoms with van der Waals surface area (Å²) in [5.74, 6) is 0. The summed E-state index contributed by atoms with van der Waals surface area (Å²) in [4.78, 5) is 0. The molecule has 27 heavy (non-hydrogen) atoms. The molecule has 3 aromatic carbocycles. The largest absolute Gasteiger partial charge is 0.455 e. The lowest BCUT2D eigenvalue weighted by Gasteiger charge is -2.13. The Balaban J connectivity index is 2.08. The zero-order chi connectivity index (χ0) is 18.8. The Bertz CT molecular complexity index is 1130. The van der Waals surface area contributed by atoms with Crippen LogP contribution < -0.4 is 5.32 Å². The summed E-state index contributed by atoms with van der Waals surface area (Å²) < 4.78 is 6.57. The first-order chi connectivity index (χ1) is 13.3. The van der Waals surface area contributed by atoms with Crippen molar-refractivity contribution < 1.29 is 4.42 Å². The van der Waals surface area contributed by atoms with Crippen LogP contribution in [0.3, 0.4) is 0 Å². The number of fused-ring (bicyclic) bond motifs is 5. The third-order valence-electron chi connectivity index (χ3n) is 5.36. The fraction of sp³-hybridized carbons (Fsp3) is 0.280. The monoisotopic (exact) mass is 357 g/mol. The third-order valence-corrected chi connectivity index (χ3v) is 5.36. The Morgan fingerprint density at radius 1 is 0.926 bits per heavy atom. The maximum Gasteiger partial charge on any atom is 0.145 e. The van der Waals surface area contributed by atoms with Crippen molar-refractivity contribution in [2.75, 3.05) is 7.05 Å². The normalized spacial score (nSPS) is 12.3. The number of benzene rings is 3. The van der Waals surface area contributed by atoms with Gasteiger partial charge in [0.25, 0.3) is 0 Å². The summed E-state index contributed by atoms with van der Waals surface area (Å²) in [6.45, 7) is 4.42. The number of unbranched alkanes of at least 4 members (excludes halogenated alkanes) is 1. The highest BCUT2D eigenvalue weighted by Crippen LogP contribution is 2.38. The van der Waals surface area contributed by atoms with E-state index in [1.54, 1.807) is 0 Å². The van der Waals surface area contributed by atoms with E-state index in [1.165, 1.54) is 45.5 Å². The van der Waals surface area contributed by atoms with Gasteiger partial charge in [-0.1, -0.05) is 68.8 Å². The molecule has 2 heteroatoms. The van der Waals surface area contributed by atoms with Crippen molar-refractivity contribution in [3.05, 3.63) is 65.7 Å². The fourth-order valence-electron chi connectivity index (χ4n) is 4.01. The number of nitrogens with one attached hydrogen (secondary N) is 1. The molecule has 1 aromatic heterocycles. The molecule has 0 amide bonds. The Morgan fingerprint density at radius 2 is 1.70 bits per heavy atom. The van der Waals surface area contributed by atoms with E-state index in [0.717, 1.165) is 29.7 Å². The molecule has 0 saturated carbocycles. The van der Waals surface area contributed by atoms with Crippen LogP contribution in [0.5, 0.6) is 0 Å². The van der Waals surface area contributed by atoms with Gasteiger partial charge in [0.05, 0.1) is 0 Å². The summed E-state index contributed by atoms with van der Waals surface area (Å²) in [5.41, 5.74) is 5.75. The van der Waals surface area contributed by atoms with Crippen molar-refractivity contribution in [3.63, 3.8) is 0 Å². The van der Waals surface area contributed by atoms with Crippen molar-refractivity contribution in [1.29, 1.82) is 0 Å². The Hall–Kier alpha value is -2.74. The number of hydrogen-bond acceptors (Lipinski definition) is 2. The number of allylic oxidation sites excluding steroid dienone is 1. The average molecular weight is 357 g/mol. The van der Waals surface area contributed by atoms with Crippen LogP contribution in [0.2, 0.25) is 0 Å². The lowest BCUT2D eigenvalue weighted by Crippen LogP contribution is -2.07. The summed E-state index contributed by atoms with van der Waals surface area (Å²) in [7, 11) is 2.00. The van der Waals surface area contributed by atoms with Gasteiger partial charge in [0.2, 0.25) is 0 Å². The minimum Gasteiger partial charge on any atom is -0.455 e. The van der Waals surface area contributed by atoms with Gasteiger partial charge in [0, 0.05) is 34.5 Å². The van der Waals surface area contributed by atoms with Crippen molar-refractivity contribution in [1.82, 2.24) is 5.32 Å². The summed E-state index contributed by atoms with van der Waals surface area (Å²) in [6, 6.07) is 17.4. The molecule has 0 aliphatic rings. The van der Waals surface area contributed by atoms with E-state index in [-0.39, 0.29) is 0 Å². The van der Waals surface area contributed by atoms with E-state index in [4.69, 9.17) is 4.42 Å². The fourth-order valence-corrected chi connectivity index (χ4v) is 4.01. The smallest absolute Gasteiger partial charge is 0.145 e. The standard InChI is InChI=1S/C25H27NO/c1-4-6-10-18-14-16-21-20-15-13-17-11-7-8-12-19(17)24(20)27-25(21)23(18)22(26-3)9-5-2/h7-9,11-16,26H,4-6,10H2,1-3H3/b22-9-. The quantitative estimate of drug-likeness (QED) is 0.400. The van der Waals surface area contributed by atoms with E-state index in [9.17, 15) is 0 Å². The molecule has 0 bridgehead atoms. The minimum absolute atomic E-state index is 0.989. The van der Waals surface area contributed by atoms with Crippen molar-refractivity contribution in [2.45, 2.75) is 39.5 Å². The van der Waals surface area contributed by atoms with Crippen LogP contribution in [-0.4, -0.2) is 7.05 Å². The van der Waals surface area contributed by atoms with Gasteiger partial charge in [-0.05, 0) is 36.3 Å². The molecular weight excluding hydrogens is 330 g/mol. The van der Waals surface area contributed by atoms with E-state index in [0.29, 0.717) is 0 Å². The van der Waals surface area contributed by atoms with Crippen molar-refractivity contribution >= 4 is 38.4 Å². The van der Waals surface area contributed by atoms with Crippen molar-refractivity contribution in [2.24, 2.45) is 0 Å². The molecule has 4 aromatic rings. The second-order valence-electron chi connectivity index (χ2n) is 7.12. The SMILES string of the molecule is CC/C=C(\NC)c1c(CCCC)ccc2c1oc1c3ccccc3ccc21. The molecule has 0 atom stereocenters. The molecule has 1 N–H and O–H groups in total. The number of hydrogen-bond donors (Lipinski definition) is 1. The zero-order valence-electron chi connectivity index (χ0n) is 16.4. The summed E-state index contributed by atoms with van der Waals surface area (Å²) in [6.07, 6.45) is 6.69. The molecule has 0 saturated heterocycles. The van der Waals surface area contributed by atoms with E-state index >= 15 is 0 Å². The number of rotatable bonds is 6. The van der Waals surface area contributed by atoms with Gasteiger partial charge in [-0.3, -0.25) is 0 Å². The number of aryl methyl sites for hydroxylation is 1. The van der Waals surface area contributed by atoms with Crippen LogP contribution in [0.15, 0.2) is 59.0 Å². The van der Waals surface area contributed by atoms with Gasteiger partial charge in [-0.15, -0.1) is 0 Å². The second-order valence-corrected chi connectivity index (χ2v) is 7.12. The first-order valence-electron chi connectivity index (χ1n) is 10.0. The molecule has 0 spiro atoms. The van der Waals surface area contributed by atoms with Gasteiger partial charge in [0.15, 0.2) is 0 Å². The zero-order valence-corrected chi connectivity index (χ0v) is 16.4. The van der Waals surface area contributed by atoms with E-state index in [1.807, 2.05) is 7.05 Å². The van der Waals surface area contributed by atoms with Gasteiger partial charge >= 0.3 is 0 Å². The maximum atomic E-state index is 6.57. The molecule has 0 unspecified atom stereocenters. The summed E-state index contributed by atoms with van der Waals surface area (Å²) >= 11 is 0. The Kier molecular flexibility index (Phi) is 4.89. The predicted molar refractivity (Wildman–Crippen MR) is 117 cm³/mol. The van der Waals surface area contributed by atoms with Crippen LogP contribution in [-0.2, 0) is 6.42 Å². The lowest BCUT2D eigenvalue weighted by molar-refractivity contribution is 0.669. The molecule has 4 rings (SSSR count). The van der Waals surface area contributed by atoms with Crippen molar-refractivity contribution in [3.8, 4) is 0 Å². The van der Waals surface area contributed by atoms with Crippen LogP contribution in [0.25, 0.3) is 38.4 Å². The predicted octanol–water partition coefficient (Wildman–Crippen LogP) is 7.05. The molecule has 2 nitrogen and oxygen atoms in total. The highest BCUT2D eigenvalue weighted by molar-refractivity contribution is 6.16. The molecule has 0 aliphatic heterocycles. The second kappa shape index (κ2) is 7.48. The first-order valence-corrected chi connectivity index (χ1v) is 10.0. The highest BCUT2D eigenvalue weighted by atomic mass is 16.3. The maximum absolute atomic E-state index is 6.57. The first kappa shape index (κ1) is 17.7. The van der Waals surface area contributed by atoms with E-state index < -0.39 is 0 Å². The Morgan fingerprint density at radius 3 is 2.48 bits per heavy atom. The van der Waals surface area contributed by atoms with Crippen LogP contribution in [0.4, 0.5) is 0 Å². The van der Waals surface area contributed by atoms with Crippen LogP contribution in [0, 0.1) is 0 Å². The minimum atomic E-state index is 0.989. The van der Waals surface area contributed by atoms with Gasteiger partial charge in [-0.2, -0.15) is 0 Å². The molecule has 0 fully saturated rings. The molecular formula is C25H27NO. The van der Waals surface area contributed by atoms with Crippen LogP contribution in [0.1, 0.15) is 44.2 Å². The van der Waals surface area contributed by atoms with E-state index in [2.05, 4.69) is 73.8 Å². The lowest BCUT2D eigenvalue weighted by atomic mass is 9.96. The average Bonchev–Trinajstić information content (AvgIpc) is 3.09. The molecule has 0 aliphatic carbocycles. The summed E-state index contributed by atoms with van der Waals surface area (Å²) in [5, 5.41) is 8.20. The number of furan rings is 1. The third kappa shape index (κ3) is 2.99. The van der Waals surface area contributed by atoms with Gasteiger partial charge < -0.3 is 9.73 Å². The van der Waals surface area contributed by atoms with Gasteiger partial charge in [-0.25, -0.2) is 0 Å². The molecule has 0 radical (unpaired) electrons. The Labute approximate surface area is 160 Å². The molecule has 1 heterocycles. The van der Waals surface area contributed by atoms with Gasteiger partial charge in [0.1, 0.15) is 11.2 Å². The van der Waals surface area contributed by atoms with Crippen LogP contribution >= 0.6 is 0 Å². The topological polar surface area (TPSA) is 25.2 Å².